The van der Waals surface area contributed by atoms with Crippen molar-refractivity contribution in [3.05, 3.63) is 23.7 Å². The van der Waals surface area contributed by atoms with Gasteiger partial charge in [0.1, 0.15) is 18.1 Å². The fraction of sp³-hybridized carbons (Fsp3) is 0.733. The summed E-state index contributed by atoms with van der Waals surface area (Å²) in [7, 11) is 0. The van der Waals surface area contributed by atoms with Gasteiger partial charge in [0.2, 0.25) is 0 Å². The molecule has 104 valence electrons. The smallest absolute Gasteiger partial charge is 0.129 e. The highest BCUT2D eigenvalue weighted by Crippen LogP contribution is 2.11. The number of ether oxygens (including phenoxy) is 1. The third-order valence-corrected chi connectivity index (χ3v) is 2.77. The second kappa shape index (κ2) is 8.33. The third-order valence-electron chi connectivity index (χ3n) is 2.77. The monoisotopic (exact) mass is 253 g/mol. The molecule has 0 aliphatic rings. The lowest BCUT2D eigenvalue weighted by atomic mass is 10.2. The number of furan rings is 1. The minimum Gasteiger partial charge on any atom is -0.462 e. The van der Waals surface area contributed by atoms with Gasteiger partial charge in [-0.3, -0.25) is 0 Å². The van der Waals surface area contributed by atoms with E-state index >= 15 is 0 Å². The normalized spacial score (nSPS) is 13.2. The van der Waals surface area contributed by atoms with Crippen LogP contribution in [0.4, 0.5) is 0 Å². The molecule has 0 aromatic carbocycles. The Labute approximate surface area is 111 Å². The Hall–Kier alpha value is -0.800. The highest BCUT2D eigenvalue weighted by molar-refractivity contribution is 5.06. The maximum atomic E-state index is 5.71. The van der Waals surface area contributed by atoms with Gasteiger partial charge in [-0.1, -0.05) is 27.2 Å². The summed E-state index contributed by atoms with van der Waals surface area (Å²) in [6.45, 7) is 11.1. The summed E-state index contributed by atoms with van der Waals surface area (Å²) in [6.07, 6.45) is 2.57. The molecule has 0 amide bonds. The molecule has 1 heterocycles. The van der Waals surface area contributed by atoms with E-state index in [1.807, 2.05) is 12.1 Å². The molecule has 0 spiro atoms. The molecule has 1 rings (SSSR count). The van der Waals surface area contributed by atoms with Crippen LogP contribution in [0.25, 0.3) is 0 Å². The van der Waals surface area contributed by atoms with E-state index in [1.165, 1.54) is 0 Å². The van der Waals surface area contributed by atoms with Crippen molar-refractivity contribution in [2.24, 2.45) is 5.92 Å². The second-order valence-corrected chi connectivity index (χ2v) is 5.30. The first-order valence-electron chi connectivity index (χ1n) is 7.01. The molecular formula is C15H27NO2. The van der Waals surface area contributed by atoms with Gasteiger partial charge in [-0.05, 0) is 37.9 Å². The van der Waals surface area contributed by atoms with Gasteiger partial charge in [0.15, 0.2) is 0 Å². The molecule has 0 fully saturated rings. The van der Waals surface area contributed by atoms with E-state index in [1.54, 1.807) is 0 Å². The van der Waals surface area contributed by atoms with Gasteiger partial charge in [0.25, 0.3) is 0 Å². The van der Waals surface area contributed by atoms with Crippen molar-refractivity contribution in [2.75, 3.05) is 6.54 Å². The Balaban J connectivity index is 2.25. The fourth-order valence-electron chi connectivity index (χ4n) is 1.79. The van der Waals surface area contributed by atoms with E-state index in [9.17, 15) is 0 Å². The number of hydrogen-bond donors (Lipinski definition) is 1. The largest absolute Gasteiger partial charge is 0.462 e. The molecule has 0 aliphatic carbocycles. The zero-order valence-corrected chi connectivity index (χ0v) is 12.2. The zero-order chi connectivity index (χ0) is 13.4. The van der Waals surface area contributed by atoms with Crippen molar-refractivity contribution in [1.82, 2.24) is 5.32 Å². The molecule has 1 unspecified atom stereocenters. The number of rotatable bonds is 9. The summed E-state index contributed by atoms with van der Waals surface area (Å²) in [6, 6.07) is 4.03. The van der Waals surface area contributed by atoms with Gasteiger partial charge < -0.3 is 14.5 Å². The second-order valence-electron chi connectivity index (χ2n) is 5.30. The van der Waals surface area contributed by atoms with E-state index < -0.39 is 0 Å². The first-order valence-corrected chi connectivity index (χ1v) is 7.01. The molecule has 1 N–H and O–H groups in total. The van der Waals surface area contributed by atoms with Crippen LogP contribution in [0.1, 0.15) is 52.1 Å². The summed E-state index contributed by atoms with van der Waals surface area (Å²) >= 11 is 0. The standard InChI is InChI=1S/C15H27NO2/c1-5-6-13(4)17-11-15-8-7-14(18-15)10-16-9-12(2)3/h7-8,12-13,16H,5-6,9-11H2,1-4H3. The van der Waals surface area contributed by atoms with E-state index in [-0.39, 0.29) is 0 Å². The SMILES string of the molecule is CCCC(C)OCc1ccc(CNCC(C)C)o1. The van der Waals surface area contributed by atoms with Crippen LogP contribution in [0.3, 0.4) is 0 Å². The van der Waals surface area contributed by atoms with Gasteiger partial charge in [0.05, 0.1) is 12.6 Å². The van der Waals surface area contributed by atoms with Crippen LogP contribution >= 0.6 is 0 Å². The first-order chi connectivity index (χ1) is 8.61. The summed E-state index contributed by atoms with van der Waals surface area (Å²) in [5, 5.41) is 3.37. The van der Waals surface area contributed by atoms with Gasteiger partial charge in [-0.2, -0.15) is 0 Å². The molecule has 0 bridgehead atoms. The Morgan fingerprint density at radius 3 is 2.61 bits per heavy atom. The molecule has 1 aromatic heterocycles. The topological polar surface area (TPSA) is 34.4 Å². The van der Waals surface area contributed by atoms with Crippen LogP contribution in [0.2, 0.25) is 0 Å². The molecule has 1 atom stereocenters. The average Bonchev–Trinajstić information content (AvgIpc) is 2.74. The van der Waals surface area contributed by atoms with E-state index in [0.717, 1.165) is 37.5 Å². The molecule has 18 heavy (non-hydrogen) atoms. The van der Waals surface area contributed by atoms with Crippen LogP contribution < -0.4 is 5.32 Å². The highest BCUT2D eigenvalue weighted by Gasteiger charge is 2.05. The Morgan fingerprint density at radius 1 is 1.22 bits per heavy atom. The maximum absolute atomic E-state index is 5.71. The van der Waals surface area contributed by atoms with Crippen molar-refractivity contribution in [2.45, 2.75) is 59.8 Å². The van der Waals surface area contributed by atoms with Crippen molar-refractivity contribution >= 4 is 0 Å². The van der Waals surface area contributed by atoms with Crippen molar-refractivity contribution in [3.63, 3.8) is 0 Å². The quantitative estimate of drug-likeness (QED) is 0.728. The molecule has 0 saturated carbocycles. The average molecular weight is 253 g/mol. The molecule has 0 radical (unpaired) electrons. The molecule has 0 saturated heterocycles. The molecular weight excluding hydrogens is 226 g/mol. The summed E-state index contributed by atoms with van der Waals surface area (Å²) in [5.41, 5.74) is 0. The van der Waals surface area contributed by atoms with Gasteiger partial charge >= 0.3 is 0 Å². The minimum atomic E-state index is 0.308. The summed E-state index contributed by atoms with van der Waals surface area (Å²) < 4.78 is 11.4. The van der Waals surface area contributed by atoms with Crippen LogP contribution in [0, 0.1) is 5.92 Å². The Morgan fingerprint density at radius 2 is 1.94 bits per heavy atom. The third kappa shape index (κ3) is 6.22. The van der Waals surface area contributed by atoms with Crippen LogP contribution in [0.5, 0.6) is 0 Å². The highest BCUT2D eigenvalue weighted by atomic mass is 16.5. The van der Waals surface area contributed by atoms with Gasteiger partial charge in [-0.25, -0.2) is 0 Å². The number of hydrogen-bond acceptors (Lipinski definition) is 3. The Bertz CT molecular complexity index is 320. The van der Waals surface area contributed by atoms with E-state index in [4.69, 9.17) is 9.15 Å². The molecule has 3 nitrogen and oxygen atoms in total. The van der Waals surface area contributed by atoms with Gasteiger partial charge in [-0.15, -0.1) is 0 Å². The number of nitrogens with one attached hydrogen (secondary N) is 1. The fourth-order valence-corrected chi connectivity index (χ4v) is 1.79. The summed E-state index contributed by atoms with van der Waals surface area (Å²) in [5.74, 6) is 2.56. The van der Waals surface area contributed by atoms with E-state index in [2.05, 4.69) is 33.0 Å². The summed E-state index contributed by atoms with van der Waals surface area (Å²) in [4.78, 5) is 0. The predicted molar refractivity (Wildman–Crippen MR) is 74.4 cm³/mol. The van der Waals surface area contributed by atoms with Crippen molar-refractivity contribution < 1.29 is 9.15 Å². The van der Waals surface area contributed by atoms with Crippen LogP contribution in [-0.2, 0) is 17.9 Å². The first kappa shape index (κ1) is 15.3. The molecule has 1 aromatic rings. The minimum absolute atomic E-state index is 0.308. The van der Waals surface area contributed by atoms with Gasteiger partial charge in [0, 0.05) is 0 Å². The lowest BCUT2D eigenvalue weighted by molar-refractivity contribution is 0.0366. The molecule has 3 heteroatoms. The van der Waals surface area contributed by atoms with Crippen molar-refractivity contribution in [3.8, 4) is 0 Å². The zero-order valence-electron chi connectivity index (χ0n) is 12.2. The maximum Gasteiger partial charge on any atom is 0.129 e. The van der Waals surface area contributed by atoms with E-state index in [0.29, 0.717) is 18.6 Å². The molecule has 0 aliphatic heterocycles. The lowest BCUT2D eigenvalue weighted by Gasteiger charge is -2.10. The Kier molecular flexibility index (Phi) is 7.06. The van der Waals surface area contributed by atoms with Crippen LogP contribution in [0.15, 0.2) is 16.5 Å². The lowest BCUT2D eigenvalue weighted by Crippen LogP contribution is -2.18. The van der Waals surface area contributed by atoms with Crippen LogP contribution in [-0.4, -0.2) is 12.6 Å². The predicted octanol–water partition coefficient (Wildman–Crippen LogP) is 3.73. The van der Waals surface area contributed by atoms with Crippen molar-refractivity contribution in [1.29, 1.82) is 0 Å².